The van der Waals surface area contributed by atoms with Crippen LogP contribution in [0.25, 0.3) is 0 Å². The van der Waals surface area contributed by atoms with Crippen molar-refractivity contribution in [2.45, 2.75) is 25.3 Å². The third-order valence-corrected chi connectivity index (χ3v) is 2.78. The Hall–Kier alpha value is -1.13. The van der Waals surface area contributed by atoms with E-state index in [1.54, 1.807) is 0 Å². The molecule has 1 aliphatic carbocycles. The summed E-state index contributed by atoms with van der Waals surface area (Å²) < 4.78 is 0. The van der Waals surface area contributed by atoms with E-state index in [1.165, 1.54) is 25.0 Å². The minimum atomic E-state index is -0.363. The Morgan fingerprint density at radius 3 is 2.12 bits per heavy atom. The summed E-state index contributed by atoms with van der Waals surface area (Å²) in [6.07, 6.45) is 3.12. The van der Waals surface area contributed by atoms with Crippen LogP contribution in [0.3, 0.4) is 0 Å². The number of benzene rings is 1. The molecular formula is C11H16ClNO3. The Balaban J connectivity index is 0.00000128. The van der Waals surface area contributed by atoms with Crippen molar-refractivity contribution in [1.82, 2.24) is 0 Å². The fourth-order valence-electron chi connectivity index (χ4n) is 1.82. The van der Waals surface area contributed by atoms with E-state index < -0.39 is 0 Å². The van der Waals surface area contributed by atoms with Crippen molar-refractivity contribution >= 4 is 12.4 Å². The van der Waals surface area contributed by atoms with Crippen LogP contribution in [0, 0.1) is 5.92 Å². The van der Waals surface area contributed by atoms with Crippen LogP contribution < -0.4 is 5.73 Å². The summed E-state index contributed by atoms with van der Waals surface area (Å²) in [4.78, 5) is 0. The molecule has 1 atom stereocenters. The van der Waals surface area contributed by atoms with Gasteiger partial charge in [-0.3, -0.25) is 0 Å². The highest BCUT2D eigenvalue weighted by Crippen LogP contribution is 2.42. The first-order chi connectivity index (χ1) is 7.08. The average Bonchev–Trinajstić information content (AvgIpc) is 2.85. The zero-order chi connectivity index (χ0) is 11.0. The monoisotopic (exact) mass is 245 g/mol. The van der Waals surface area contributed by atoms with Crippen molar-refractivity contribution < 1.29 is 15.3 Å². The number of hydrogen-bond acceptors (Lipinski definition) is 4. The second-order valence-corrected chi connectivity index (χ2v) is 4.18. The van der Waals surface area contributed by atoms with Crippen LogP contribution in [-0.2, 0) is 0 Å². The van der Waals surface area contributed by atoms with Crippen LogP contribution >= 0.6 is 12.4 Å². The topological polar surface area (TPSA) is 86.7 Å². The fourth-order valence-corrected chi connectivity index (χ4v) is 1.82. The van der Waals surface area contributed by atoms with Gasteiger partial charge < -0.3 is 21.1 Å². The Labute approximate surface area is 100 Å². The van der Waals surface area contributed by atoms with E-state index >= 15 is 0 Å². The van der Waals surface area contributed by atoms with Crippen LogP contribution in [0.15, 0.2) is 12.1 Å². The predicted molar refractivity (Wildman–Crippen MR) is 63.0 cm³/mol. The summed E-state index contributed by atoms with van der Waals surface area (Å²) in [6.45, 7) is 0. The fraction of sp³-hybridized carbons (Fsp3) is 0.455. The van der Waals surface area contributed by atoms with Crippen molar-refractivity contribution in [3.05, 3.63) is 17.7 Å². The Morgan fingerprint density at radius 1 is 1.19 bits per heavy atom. The lowest BCUT2D eigenvalue weighted by atomic mass is 10.00. The zero-order valence-electron chi connectivity index (χ0n) is 8.76. The van der Waals surface area contributed by atoms with E-state index in [0.29, 0.717) is 11.5 Å². The molecule has 0 aliphatic heterocycles. The number of hydrogen-bond donors (Lipinski definition) is 4. The van der Waals surface area contributed by atoms with Crippen LogP contribution in [0.2, 0.25) is 0 Å². The largest absolute Gasteiger partial charge is 0.508 e. The minimum absolute atomic E-state index is 0. The van der Waals surface area contributed by atoms with E-state index in [4.69, 9.17) is 10.8 Å². The van der Waals surface area contributed by atoms with Gasteiger partial charge in [0.05, 0.1) is 5.56 Å². The lowest BCUT2D eigenvalue weighted by Gasteiger charge is -2.15. The van der Waals surface area contributed by atoms with Crippen molar-refractivity contribution in [2.75, 3.05) is 0 Å². The van der Waals surface area contributed by atoms with E-state index in [2.05, 4.69) is 0 Å². The van der Waals surface area contributed by atoms with Gasteiger partial charge >= 0.3 is 0 Å². The lowest BCUT2D eigenvalue weighted by Crippen LogP contribution is -2.11. The van der Waals surface area contributed by atoms with Gasteiger partial charge in [-0.15, -0.1) is 12.4 Å². The molecule has 90 valence electrons. The van der Waals surface area contributed by atoms with Gasteiger partial charge in [-0.05, 0) is 12.3 Å². The maximum atomic E-state index is 9.58. The number of aromatic hydroxyl groups is 3. The van der Waals surface area contributed by atoms with Crippen LogP contribution in [0.5, 0.6) is 17.2 Å². The first kappa shape index (κ1) is 12.9. The highest BCUT2D eigenvalue weighted by molar-refractivity contribution is 5.85. The average molecular weight is 246 g/mol. The maximum Gasteiger partial charge on any atom is 0.127 e. The van der Waals surface area contributed by atoms with Gasteiger partial charge in [-0.25, -0.2) is 0 Å². The molecule has 16 heavy (non-hydrogen) atoms. The van der Waals surface area contributed by atoms with Crippen molar-refractivity contribution in [3.63, 3.8) is 0 Å². The normalized spacial score (nSPS) is 16.6. The summed E-state index contributed by atoms with van der Waals surface area (Å²) >= 11 is 0. The Kier molecular flexibility index (Phi) is 3.88. The molecule has 0 unspecified atom stereocenters. The molecular weight excluding hydrogens is 230 g/mol. The Morgan fingerprint density at radius 2 is 1.69 bits per heavy atom. The molecule has 0 saturated heterocycles. The van der Waals surface area contributed by atoms with Gasteiger partial charge in [0.15, 0.2) is 0 Å². The molecule has 1 aromatic carbocycles. The molecule has 0 bridgehead atoms. The number of rotatable bonds is 3. The molecule has 5 heteroatoms. The molecule has 1 saturated carbocycles. The molecule has 1 aliphatic rings. The van der Waals surface area contributed by atoms with Gasteiger partial charge in [-0.1, -0.05) is 12.8 Å². The molecule has 2 rings (SSSR count). The lowest BCUT2D eigenvalue weighted by molar-refractivity contribution is 0.407. The maximum absolute atomic E-state index is 9.58. The standard InChI is InChI=1S/C11H15NO3.ClH/c12-8(3-6-1-2-6)11-9(14)4-7(13)5-10(11)15;/h4-6,8,13-15H,1-3,12H2;1H/t8-;/m1./s1. The molecule has 0 amide bonds. The van der Waals surface area contributed by atoms with Gasteiger partial charge in [0.2, 0.25) is 0 Å². The summed E-state index contributed by atoms with van der Waals surface area (Å²) in [7, 11) is 0. The molecule has 0 aromatic heterocycles. The Bertz CT molecular complexity index is 356. The quantitative estimate of drug-likeness (QED) is 0.656. The first-order valence-electron chi connectivity index (χ1n) is 5.08. The molecule has 0 heterocycles. The summed E-state index contributed by atoms with van der Waals surface area (Å²) in [5.41, 5.74) is 6.22. The highest BCUT2D eigenvalue weighted by atomic mass is 35.5. The number of phenolic OH excluding ortho intramolecular Hbond substituents is 3. The molecule has 4 nitrogen and oxygen atoms in total. The highest BCUT2D eigenvalue weighted by Gasteiger charge is 2.27. The molecule has 5 N–H and O–H groups in total. The van der Waals surface area contributed by atoms with Gasteiger partial charge in [0.25, 0.3) is 0 Å². The van der Waals surface area contributed by atoms with Gasteiger partial charge in [-0.2, -0.15) is 0 Å². The summed E-state index contributed by atoms with van der Waals surface area (Å²) in [6, 6.07) is 2.03. The van der Waals surface area contributed by atoms with E-state index in [-0.39, 0.29) is 35.7 Å². The van der Waals surface area contributed by atoms with Crippen LogP contribution in [-0.4, -0.2) is 15.3 Å². The van der Waals surface area contributed by atoms with Gasteiger partial charge in [0, 0.05) is 18.2 Å². The van der Waals surface area contributed by atoms with Crippen LogP contribution in [0.1, 0.15) is 30.9 Å². The second-order valence-electron chi connectivity index (χ2n) is 4.18. The van der Waals surface area contributed by atoms with E-state index in [1.807, 2.05) is 0 Å². The second kappa shape index (κ2) is 4.80. The third kappa shape index (κ3) is 2.71. The zero-order valence-corrected chi connectivity index (χ0v) is 9.57. The number of phenols is 3. The van der Waals surface area contributed by atoms with Crippen LogP contribution in [0.4, 0.5) is 0 Å². The molecule has 1 aromatic rings. The SMILES string of the molecule is Cl.N[C@H](CC1CC1)c1c(O)cc(O)cc1O. The van der Waals surface area contributed by atoms with Crippen molar-refractivity contribution in [1.29, 1.82) is 0 Å². The predicted octanol–water partition coefficient (Wildman–Crippen LogP) is 2.03. The van der Waals surface area contributed by atoms with E-state index in [0.717, 1.165) is 6.42 Å². The minimum Gasteiger partial charge on any atom is -0.508 e. The first-order valence-corrected chi connectivity index (χ1v) is 5.08. The van der Waals surface area contributed by atoms with Crippen molar-refractivity contribution in [3.8, 4) is 17.2 Å². The molecule has 0 radical (unpaired) electrons. The van der Waals surface area contributed by atoms with Gasteiger partial charge in [0.1, 0.15) is 17.2 Å². The molecule has 0 spiro atoms. The third-order valence-electron chi connectivity index (χ3n) is 2.78. The summed E-state index contributed by atoms with van der Waals surface area (Å²) in [5.74, 6) is 0.182. The van der Waals surface area contributed by atoms with Crippen molar-refractivity contribution in [2.24, 2.45) is 11.7 Å². The molecule has 1 fully saturated rings. The number of nitrogens with two attached hydrogens (primary N) is 1. The van der Waals surface area contributed by atoms with E-state index in [9.17, 15) is 10.2 Å². The summed E-state index contributed by atoms with van der Waals surface area (Å²) in [5, 5.41) is 28.3. The number of halogens is 1. The smallest absolute Gasteiger partial charge is 0.127 e.